The van der Waals surface area contributed by atoms with E-state index in [9.17, 15) is 9.50 Å². The van der Waals surface area contributed by atoms with Crippen molar-refractivity contribution in [2.45, 2.75) is 37.7 Å². The molecule has 1 saturated heterocycles. The Morgan fingerprint density at radius 1 is 1.12 bits per heavy atom. The highest BCUT2D eigenvalue weighted by molar-refractivity contribution is 5.50. The van der Waals surface area contributed by atoms with Crippen LogP contribution in [0.2, 0.25) is 0 Å². The van der Waals surface area contributed by atoms with Gasteiger partial charge >= 0.3 is 0 Å². The summed E-state index contributed by atoms with van der Waals surface area (Å²) in [6.07, 6.45) is 5.05. The third-order valence-corrected chi connectivity index (χ3v) is 3.91. The molecule has 1 heterocycles. The molecule has 1 aliphatic carbocycles. The van der Waals surface area contributed by atoms with Crippen LogP contribution in [0.1, 0.15) is 37.7 Å². The smallest absolute Gasteiger partial charge is 0.146 e. The first-order valence-corrected chi connectivity index (χ1v) is 6.46. The van der Waals surface area contributed by atoms with Gasteiger partial charge in [0.1, 0.15) is 5.82 Å². The summed E-state index contributed by atoms with van der Waals surface area (Å²) in [5, 5.41) is 9.95. The largest absolute Gasteiger partial charge is 0.385 e. The summed E-state index contributed by atoms with van der Waals surface area (Å²) in [5.41, 5.74) is 0.690. The fraction of sp³-hybridized carbons (Fsp3) is 0.571. The number of rotatable bonds is 2. The average Bonchev–Trinajstić information content (AvgIpc) is 3.10. The summed E-state index contributed by atoms with van der Waals surface area (Å²) in [6, 6.07) is 5.21. The van der Waals surface area contributed by atoms with Crippen LogP contribution < -0.4 is 4.90 Å². The van der Waals surface area contributed by atoms with Crippen molar-refractivity contribution in [1.29, 1.82) is 0 Å². The minimum Gasteiger partial charge on any atom is -0.385 e. The second kappa shape index (κ2) is 3.98. The molecule has 3 heteroatoms. The van der Waals surface area contributed by atoms with Crippen LogP contribution in [-0.2, 0) is 5.60 Å². The quantitative estimate of drug-likeness (QED) is 0.852. The van der Waals surface area contributed by atoms with E-state index in [1.54, 1.807) is 0 Å². The lowest BCUT2D eigenvalue weighted by Crippen LogP contribution is -2.30. The third kappa shape index (κ3) is 2.04. The average molecular weight is 235 g/mol. The van der Waals surface area contributed by atoms with E-state index in [1.165, 1.54) is 12.5 Å². The summed E-state index contributed by atoms with van der Waals surface area (Å²) in [4.78, 5) is 2.11. The van der Waals surface area contributed by atoms with Crippen molar-refractivity contribution in [2.75, 3.05) is 18.0 Å². The van der Waals surface area contributed by atoms with Gasteiger partial charge in [-0.15, -0.1) is 0 Å². The maximum Gasteiger partial charge on any atom is 0.146 e. The van der Waals surface area contributed by atoms with Crippen molar-refractivity contribution in [1.82, 2.24) is 0 Å². The highest BCUT2D eigenvalue weighted by Crippen LogP contribution is 2.45. The van der Waals surface area contributed by atoms with Crippen LogP contribution >= 0.6 is 0 Å². The van der Waals surface area contributed by atoms with Crippen LogP contribution in [-0.4, -0.2) is 18.2 Å². The van der Waals surface area contributed by atoms with Gasteiger partial charge in [0.15, 0.2) is 0 Å². The molecule has 92 valence electrons. The first kappa shape index (κ1) is 11.0. The third-order valence-electron chi connectivity index (χ3n) is 3.91. The summed E-state index contributed by atoms with van der Waals surface area (Å²) >= 11 is 0. The van der Waals surface area contributed by atoms with Crippen LogP contribution in [0.25, 0.3) is 0 Å². The summed E-state index contributed by atoms with van der Waals surface area (Å²) in [6.45, 7) is 1.89. The zero-order valence-corrected chi connectivity index (χ0v) is 9.95. The first-order valence-electron chi connectivity index (χ1n) is 6.46. The van der Waals surface area contributed by atoms with E-state index < -0.39 is 5.60 Å². The second-order valence-corrected chi connectivity index (χ2v) is 5.25. The van der Waals surface area contributed by atoms with Gasteiger partial charge in [-0.25, -0.2) is 4.39 Å². The summed E-state index contributed by atoms with van der Waals surface area (Å²) in [7, 11) is 0. The Bertz CT molecular complexity index is 422. The van der Waals surface area contributed by atoms with E-state index in [2.05, 4.69) is 4.90 Å². The van der Waals surface area contributed by atoms with Gasteiger partial charge in [0.05, 0.1) is 11.3 Å². The van der Waals surface area contributed by atoms with Gasteiger partial charge in [-0.2, -0.15) is 0 Å². The molecule has 0 bridgehead atoms. The molecular formula is C14H18FNO. The molecule has 1 aromatic carbocycles. The van der Waals surface area contributed by atoms with E-state index in [0.29, 0.717) is 5.69 Å². The molecule has 17 heavy (non-hydrogen) atoms. The number of benzene rings is 1. The molecule has 1 N–H and O–H groups in total. The second-order valence-electron chi connectivity index (χ2n) is 5.25. The fourth-order valence-corrected chi connectivity index (χ4v) is 2.59. The predicted molar refractivity (Wildman–Crippen MR) is 65.6 cm³/mol. The van der Waals surface area contributed by atoms with Crippen LogP contribution in [0, 0.1) is 5.82 Å². The Morgan fingerprint density at radius 3 is 2.41 bits per heavy atom. The normalized spacial score (nSPS) is 22.6. The van der Waals surface area contributed by atoms with Crippen molar-refractivity contribution in [3.8, 4) is 0 Å². The van der Waals surface area contributed by atoms with E-state index in [4.69, 9.17) is 0 Å². The van der Waals surface area contributed by atoms with Crippen molar-refractivity contribution in [2.24, 2.45) is 0 Å². The number of halogens is 1. The zero-order chi connectivity index (χ0) is 11.9. The Labute approximate surface area is 101 Å². The monoisotopic (exact) mass is 235 g/mol. The Morgan fingerprint density at radius 2 is 1.82 bits per heavy atom. The van der Waals surface area contributed by atoms with E-state index in [1.807, 2.05) is 12.1 Å². The number of nitrogens with zero attached hydrogens (tertiary/aromatic N) is 1. The maximum absolute atomic E-state index is 14.0. The molecule has 2 nitrogen and oxygen atoms in total. The van der Waals surface area contributed by atoms with Gasteiger partial charge in [-0.05, 0) is 49.8 Å². The van der Waals surface area contributed by atoms with Crippen LogP contribution in [0.4, 0.5) is 10.1 Å². The van der Waals surface area contributed by atoms with E-state index in [0.717, 1.165) is 44.3 Å². The lowest BCUT2D eigenvalue weighted by Gasteiger charge is -2.29. The molecule has 1 saturated carbocycles. The molecule has 0 amide bonds. The Kier molecular flexibility index (Phi) is 2.58. The molecule has 0 atom stereocenters. The predicted octanol–water partition coefficient (Wildman–Crippen LogP) is 2.80. The first-order chi connectivity index (χ1) is 8.19. The molecule has 3 rings (SSSR count). The molecule has 0 spiro atoms. The molecule has 1 aliphatic heterocycles. The van der Waals surface area contributed by atoms with Gasteiger partial charge in [0.25, 0.3) is 0 Å². The van der Waals surface area contributed by atoms with Crippen molar-refractivity contribution in [3.05, 3.63) is 29.6 Å². The minimum atomic E-state index is -0.735. The molecule has 0 unspecified atom stereocenters. The standard InChI is InChI=1S/C14H18FNO/c15-12-10-11(14(17)6-7-14)4-5-13(12)16-8-2-1-3-9-16/h4-5,10,17H,1-3,6-9H2. The Hall–Kier alpha value is -1.09. The lowest BCUT2D eigenvalue weighted by atomic mass is 10.1. The topological polar surface area (TPSA) is 23.5 Å². The van der Waals surface area contributed by atoms with Crippen molar-refractivity contribution < 1.29 is 9.50 Å². The summed E-state index contributed by atoms with van der Waals surface area (Å²) in [5.74, 6) is -0.190. The van der Waals surface area contributed by atoms with Gasteiger partial charge in [0, 0.05) is 13.1 Å². The van der Waals surface area contributed by atoms with Gasteiger partial charge in [0.2, 0.25) is 0 Å². The van der Waals surface area contributed by atoms with Crippen LogP contribution in [0.5, 0.6) is 0 Å². The lowest BCUT2D eigenvalue weighted by molar-refractivity contribution is 0.151. The van der Waals surface area contributed by atoms with Crippen molar-refractivity contribution >= 4 is 5.69 Å². The van der Waals surface area contributed by atoms with E-state index >= 15 is 0 Å². The molecule has 0 radical (unpaired) electrons. The highest BCUT2D eigenvalue weighted by atomic mass is 19.1. The number of piperidine rings is 1. The molecule has 1 aromatic rings. The number of hydrogen-bond donors (Lipinski definition) is 1. The SMILES string of the molecule is OC1(c2ccc(N3CCCCC3)c(F)c2)CC1. The van der Waals surface area contributed by atoms with Crippen molar-refractivity contribution in [3.63, 3.8) is 0 Å². The molecule has 2 aliphatic rings. The number of hydrogen-bond acceptors (Lipinski definition) is 2. The van der Waals surface area contributed by atoms with E-state index in [-0.39, 0.29) is 5.82 Å². The fourth-order valence-electron chi connectivity index (χ4n) is 2.59. The molecular weight excluding hydrogens is 217 g/mol. The maximum atomic E-state index is 14.0. The number of aliphatic hydroxyl groups is 1. The molecule has 2 fully saturated rings. The minimum absolute atomic E-state index is 0.190. The zero-order valence-electron chi connectivity index (χ0n) is 9.95. The summed E-state index contributed by atoms with van der Waals surface area (Å²) < 4.78 is 14.0. The van der Waals surface area contributed by atoms with Gasteiger partial charge in [-0.1, -0.05) is 6.07 Å². The van der Waals surface area contributed by atoms with Gasteiger partial charge < -0.3 is 10.0 Å². The number of anilines is 1. The van der Waals surface area contributed by atoms with Crippen LogP contribution in [0.3, 0.4) is 0 Å². The van der Waals surface area contributed by atoms with Crippen LogP contribution in [0.15, 0.2) is 18.2 Å². The Balaban J connectivity index is 1.85. The van der Waals surface area contributed by atoms with Gasteiger partial charge in [-0.3, -0.25) is 0 Å². The molecule has 0 aromatic heterocycles. The highest BCUT2D eigenvalue weighted by Gasteiger charge is 2.42.